The Labute approximate surface area is 133 Å². The van der Waals surface area contributed by atoms with Crippen LogP contribution in [0.2, 0.25) is 0 Å². The van der Waals surface area contributed by atoms with Gasteiger partial charge in [-0.15, -0.1) is 0 Å². The van der Waals surface area contributed by atoms with Gasteiger partial charge in [-0.3, -0.25) is 0 Å². The molecule has 1 atom stereocenters. The van der Waals surface area contributed by atoms with Gasteiger partial charge in [0.25, 0.3) is 5.92 Å². The molecule has 2 heterocycles. The van der Waals surface area contributed by atoms with Gasteiger partial charge in [0.15, 0.2) is 0 Å². The lowest BCUT2D eigenvalue weighted by Gasteiger charge is -2.41. The van der Waals surface area contributed by atoms with Gasteiger partial charge in [0, 0.05) is 11.3 Å². The maximum absolute atomic E-state index is 13.3. The Morgan fingerprint density at radius 2 is 2.00 bits per heavy atom. The van der Waals surface area contributed by atoms with E-state index in [0.717, 1.165) is 17.0 Å². The maximum Gasteiger partial charge on any atom is 0.428 e. The van der Waals surface area contributed by atoms with Crippen LogP contribution in [0.3, 0.4) is 0 Å². The molecule has 0 spiro atoms. The van der Waals surface area contributed by atoms with Crippen molar-refractivity contribution in [2.75, 3.05) is 18.0 Å². The van der Waals surface area contributed by atoms with E-state index >= 15 is 0 Å². The minimum atomic E-state index is -4.72. The van der Waals surface area contributed by atoms with Gasteiger partial charge < -0.3 is 9.64 Å². The zero-order chi connectivity index (χ0) is 17.7. The Morgan fingerprint density at radius 3 is 2.54 bits per heavy atom. The van der Waals surface area contributed by atoms with Crippen molar-refractivity contribution in [2.45, 2.75) is 25.1 Å². The summed E-state index contributed by atoms with van der Waals surface area (Å²) in [5.41, 5.74) is 0.873. The highest BCUT2D eigenvalue weighted by molar-refractivity contribution is 6.06. The summed E-state index contributed by atoms with van der Waals surface area (Å²) in [5.74, 6) is -2.98. The third-order valence-electron chi connectivity index (χ3n) is 3.72. The zero-order valence-corrected chi connectivity index (χ0v) is 12.3. The van der Waals surface area contributed by atoms with Crippen LogP contribution >= 0.6 is 0 Å². The molecule has 1 saturated heterocycles. The zero-order valence-electron chi connectivity index (χ0n) is 12.3. The van der Waals surface area contributed by atoms with Gasteiger partial charge in [-0.05, 0) is 19.1 Å². The summed E-state index contributed by atoms with van der Waals surface area (Å²) in [4.78, 5) is 12.0. The second kappa shape index (κ2) is 5.32. The van der Waals surface area contributed by atoms with E-state index in [2.05, 4.69) is 5.10 Å². The van der Waals surface area contributed by atoms with Crippen LogP contribution in [0.4, 0.5) is 32.4 Å². The number of hydrazone groups is 1. The lowest BCUT2D eigenvalue weighted by atomic mass is 9.99. The van der Waals surface area contributed by atoms with E-state index in [1.165, 1.54) is 13.0 Å². The molecule has 0 aromatic heterocycles. The van der Waals surface area contributed by atoms with Crippen molar-refractivity contribution in [3.8, 4) is 0 Å². The molecule has 1 aromatic rings. The molecule has 10 heteroatoms. The van der Waals surface area contributed by atoms with Crippen LogP contribution in [0, 0.1) is 0 Å². The summed E-state index contributed by atoms with van der Waals surface area (Å²) in [6.07, 6.45) is -6.36. The molecule has 0 aliphatic carbocycles. The first-order valence-electron chi connectivity index (χ1n) is 6.95. The Morgan fingerprint density at radius 1 is 1.33 bits per heavy atom. The number of alkyl halides is 5. The van der Waals surface area contributed by atoms with Crippen LogP contribution in [0.5, 0.6) is 0 Å². The van der Waals surface area contributed by atoms with Crippen molar-refractivity contribution in [1.82, 2.24) is 5.43 Å². The van der Waals surface area contributed by atoms with Crippen molar-refractivity contribution in [1.29, 1.82) is 0 Å². The lowest BCUT2D eigenvalue weighted by molar-refractivity contribution is -0.137. The van der Waals surface area contributed by atoms with Gasteiger partial charge in [-0.2, -0.15) is 18.3 Å². The van der Waals surface area contributed by atoms with E-state index in [4.69, 9.17) is 4.74 Å². The average molecular weight is 349 g/mol. The van der Waals surface area contributed by atoms with E-state index in [0.29, 0.717) is 0 Å². The predicted molar refractivity (Wildman–Crippen MR) is 74.2 cm³/mol. The summed E-state index contributed by atoms with van der Waals surface area (Å²) in [5, 5.41) is 3.71. The highest BCUT2D eigenvalue weighted by atomic mass is 19.4. The quantitative estimate of drug-likeness (QED) is 0.835. The molecule has 0 saturated carbocycles. The third kappa shape index (κ3) is 3.00. The molecule has 3 rings (SSSR count). The molecule has 130 valence electrons. The number of anilines is 1. The van der Waals surface area contributed by atoms with Crippen LogP contribution in [0.25, 0.3) is 0 Å². The van der Waals surface area contributed by atoms with E-state index in [1.54, 1.807) is 0 Å². The molecule has 0 unspecified atom stereocenters. The second-order valence-corrected chi connectivity index (χ2v) is 5.60. The number of ether oxygens (including phenoxy) is 1. The fourth-order valence-corrected chi connectivity index (χ4v) is 2.62. The molecule has 1 aromatic carbocycles. The van der Waals surface area contributed by atoms with Crippen molar-refractivity contribution in [3.05, 3.63) is 29.3 Å². The fraction of sp³-hybridized carbons (Fsp3) is 0.429. The summed E-state index contributed by atoms with van der Waals surface area (Å²) in [6.45, 7) is -0.0490. The highest BCUT2D eigenvalue weighted by Gasteiger charge is 2.47. The summed E-state index contributed by atoms with van der Waals surface area (Å²) < 4.78 is 70.7. The molecular weight excluding hydrogens is 337 g/mol. The van der Waals surface area contributed by atoms with E-state index in [-0.39, 0.29) is 17.0 Å². The van der Waals surface area contributed by atoms with Gasteiger partial charge in [-0.1, -0.05) is 6.07 Å². The van der Waals surface area contributed by atoms with Crippen molar-refractivity contribution >= 4 is 17.5 Å². The number of rotatable bonds is 2. The van der Waals surface area contributed by atoms with Gasteiger partial charge in [-0.25, -0.2) is 19.0 Å². The number of amides is 1. The van der Waals surface area contributed by atoms with E-state index in [9.17, 15) is 26.7 Å². The number of nitrogens with zero attached hydrogens (tertiary/aromatic N) is 2. The summed E-state index contributed by atoms with van der Waals surface area (Å²) in [6, 6.07) is 3.28. The smallest absolute Gasteiger partial charge is 0.428 e. The topological polar surface area (TPSA) is 53.9 Å². The van der Waals surface area contributed by atoms with Gasteiger partial charge in [0.05, 0.1) is 18.7 Å². The Bertz CT molecular complexity index is 709. The minimum Gasteiger partial charge on any atom is -0.439 e. The Kier molecular flexibility index (Phi) is 3.65. The monoisotopic (exact) mass is 349 g/mol. The molecule has 24 heavy (non-hydrogen) atoms. The number of halogens is 5. The van der Waals surface area contributed by atoms with Crippen molar-refractivity contribution in [2.24, 2.45) is 5.10 Å². The SMILES string of the molecule is C[C@@H]1OC(=O)NN=C1c1ccc(N2CC(F)(F)C2)c(C(F)(F)F)c1. The first-order chi connectivity index (χ1) is 11.1. The molecule has 2 aliphatic rings. The number of hydrogen-bond donors (Lipinski definition) is 1. The number of nitrogens with one attached hydrogen (secondary N) is 1. The van der Waals surface area contributed by atoms with Crippen LogP contribution in [0.15, 0.2) is 23.3 Å². The van der Waals surface area contributed by atoms with Crippen LogP contribution in [-0.4, -0.2) is 36.9 Å². The fourth-order valence-electron chi connectivity index (χ4n) is 2.62. The van der Waals surface area contributed by atoms with E-state index < -0.39 is 42.9 Å². The van der Waals surface area contributed by atoms with E-state index in [1.807, 2.05) is 5.43 Å². The Hall–Kier alpha value is -2.39. The Balaban J connectivity index is 1.98. The number of hydrogen-bond acceptors (Lipinski definition) is 4. The summed E-state index contributed by atoms with van der Waals surface area (Å²) >= 11 is 0. The third-order valence-corrected chi connectivity index (χ3v) is 3.72. The number of cyclic esters (lactones) is 1. The molecular formula is C14H12F5N3O2. The number of carbonyl (C=O) groups excluding carboxylic acids is 1. The largest absolute Gasteiger partial charge is 0.439 e. The first-order valence-corrected chi connectivity index (χ1v) is 6.95. The molecule has 1 N–H and O–H groups in total. The molecule has 0 radical (unpaired) electrons. The molecule has 5 nitrogen and oxygen atoms in total. The molecule has 2 aliphatic heterocycles. The molecule has 1 fully saturated rings. The van der Waals surface area contributed by atoms with Crippen LogP contribution < -0.4 is 10.3 Å². The van der Waals surface area contributed by atoms with Gasteiger partial charge >= 0.3 is 12.3 Å². The normalized spacial score (nSPS) is 23.1. The van der Waals surface area contributed by atoms with Crippen LogP contribution in [-0.2, 0) is 10.9 Å². The number of carbonyl (C=O) groups is 1. The average Bonchev–Trinajstić information content (AvgIpc) is 2.43. The number of benzene rings is 1. The van der Waals surface area contributed by atoms with Crippen molar-refractivity contribution in [3.63, 3.8) is 0 Å². The lowest BCUT2D eigenvalue weighted by Crippen LogP contribution is -2.56. The van der Waals surface area contributed by atoms with Crippen LogP contribution in [0.1, 0.15) is 18.1 Å². The maximum atomic E-state index is 13.3. The van der Waals surface area contributed by atoms with Crippen molar-refractivity contribution < 1.29 is 31.5 Å². The second-order valence-electron chi connectivity index (χ2n) is 5.60. The van der Waals surface area contributed by atoms with Gasteiger partial charge in [0.1, 0.15) is 11.8 Å². The molecule has 1 amide bonds. The molecule has 0 bridgehead atoms. The van der Waals surface area contributed by atoms with Gasteiger partial charge in [0.2, 0.25) is 0 Å². The minimum absolute atomic E-state index is 0.0888. The first kappa shape index (κ1) is 16.5. The standard InChI is InChI=1S/C14H12F5N3O2/c1-7-11(20-21-12(23)24-7)8-2-3-10(9(4-8)14(17,18)19)22-5-13(15,16)6-22/h2-4,7H,5-6H2,1H3,(H,21,23)/t7-/m0/s1. The highest BCUT2D eigenvalue weighted by Crippen LogP contribution is 2.41. The summed E-state index contributed by atoms with van der Waals surface area (Å²) in [7, 11) is 0. The predicted octanol–water partition coefficient (Wildman–Crippen LogP) is 2.99.